The number of phenols is 1. The number of rotatable bonds is 9. The monoisotopic (exact) mass is 1680 g/mol. The molecule has 27 heteroatoms. The van der Waals surface area contributed by atoms with Crippen LogP contribution in [0.1, 0.15) is 130 Å². The summed E-state index contributed by atoms with van der Waals surface area (Å²) >= 11 is 3.47. The summed E-state index contributed by atoms with van der Waals surface area (Å²) in [5, 5.41) is 52.7. The smallest absolute Gasteiger partial charge is 1.00 e. The van der Waals surface area contributed by atoms with Gasteiger partial charge in [0.25, 0.3) is 6.08 Å². The Morgan fingerprint density at radius 2 is 0.947 bits per heavy atom. The van der Waals surface area contributed by atoms with Gasteiger partial charge in [-0.2, -0.15) is 29.5 Å². The van der Waals surface area contributed by atoms with Crippen LogP contribution in [-0.4, -0.2) is 93.0 Å². The number of fused-ring (bicyclic) bond motifs is 6. The van der Waals surface area contributed by atoms with Gasteiger partial charge in [-0.25, -0.2) is 9.59 Å². The molecule has 6 heterocycles. The Morgan fingerprint density at radius 3 is 1.35 bits per heavy atom. The molecule has 6 aromatic heterocycles. The minimum atomic E-state index is -4.00. The number of alkyl halides is 3. The van der Waals surface area contributed by atoms with Gasteiger partial charge in [-0.05, 0) is 195 Å². The van der Waals surface area contributed by atoms with Crippen molar-refractivity contribution in [3.05, 3.63) is 272 Å². The molecule has 8 aromatic carbocycles. The second-order valence-corrected chi connectivity index (χ2v) is 27.2. The normalized spacial score (nSPS) is 9.87. The maximum absolute atomic E-state index is 11.2. The van der Waals surface area contributed by atoms with E-state index in [0.29, 0.717) is 23.6 Å². The van der Waals surface area contributed by atoms with E-state index in [2.05, 4.69) is 205 Å². The molecule has 0 bridgehead atoms. The number of halogens is 4. The fourth-order valence-electron chi connectivity index (χ4n) is 12.0. The Balaban J connectivity index is -0.000000634. The first-order valence-corrected chi connectivity index (χ1v) is 37.5. The van der Waals surface area contributed by atoms with Crippen LogP contribution >= 0.6 is 26.6 Å². The third-order valence-electron chi connectivity index (χ3n) is 16.9. The molecule has 0 aliphatic heterocycles. The Morgan fingerprint density at radius 1 is 0.561 bits per heavy atom. The molecule has 0 saturated heterocycles. The molecule has 0 aliphatic rings. The third kappa shape index (κ3) is 29.1. The number of H-pyrrole nitrogens is 3. The SMILES string of the molecule is C.CCn1c(C)c(C#N)c2ccc(C)cc21.CCn1c(CBr)c(C#N)c2ccc(C)cc21.CCn1c(COc2ccccc2)c(C#N)c2ccc(C)cc21.COC(=O)c1cc2ccc(C)cc2[nH]1.Cc1ccc2c(C#N)c(C)[nH]c2c1.Cc1ccc2cc(C)[nH]c2c1.O=C=NS(=O)(=O)Cl.Oc1ccccc1.[2H]CF.[2H]CF.[AlH3].[H-].[H-].[H-].[Li+].[Na+].[Na+]. The van der Waals surface area contributed by atoms with E-state index in [1.54, 1.807) is 30.3 Å². The molecule has 584 valence electrons. The number of hydrogen-bond acceptors (Lipinski definition) is 11. The van der Waals surface area contributed by atoms with E-state index in [9.17, 15) is 32.5 Å². The summed E-state index contributed by atoms with van der Waals surface area (Å²) in [5.41, 5.74) is 22.9. The Hall–Kier alpha value is -8.88. The van der Waals surface area contributed by atoms with Gasteiger partial charge in [0.2, 0.25) is 0 Å². The number of nitrogens with one attached hydrogen (secondary N) is 3. The molecule has 0 amide bonds. The second kappa shape index (κ2) is 52.6. The van der Waals surface area contributed by atoms with Crippen molar-refractivity contribution >= 4 is 131 Å². The van der Waals surface area contributed by atoms with Crippen LogP contribution in [0.3, 0.4) is 0 Å². The molecule has 18 nitrogen and oxygen atoms in total. The van der Waals surface area contributed by atoms with Crippen molar-refractivity contribution in [2.75, 3.05) is 21.4 Å². The van der Waals surface area contributed by atoms with Gasteiger partial charge in [-0.1, -0.05) is 137 Å². The first kappa shape index (κ1) is 101. The molecule has 14 rings (SSSR count). The van der Waals surface area contributed by atoms with Gasteiger partial charge in [-0.15, -0.1) is 0 Å². The van der Waals surface area contributed by atoms with E-state index in [1.807, 2.05) is 119 Å². The standard InChI is InChI=1S/C19H18N2O.C13H13BrN2.C13H14N2.C11H10N2.C11H11NO2.C10H11N.C6H6O.CClNO3S.2CH3F.CH4.Al.Li.2Na.6H/c1-3-21-18-11-14(2)9-10-16(18)17(12-20)19(21)13-22-15-7-5-4-6-8-15;1-3-16-12-6-9(2)4-5-10(12)11(8-15)13(16)7-14;1-4-15-10(3)12(8-14)11-6-5-9(2)7-13(11)15;1-7-3-4-9-10(6-12)8(2)13-11(9)5-7;1-7-3-4-8-6-10(11(13)14-2)12-9(8)5-7;1-7-3-4-9-6-8(2)11-10(9)5-7;7-6-4-2-1-3-5-6;2-7(5,6)3-1-4;2*1-2;;;;;;;;;;;/h4-11H,3,13H2,1-2H3;4-6H,3,7H2,1-2H3;5-7H,4H2,1-3H3;3-5,13H,1-2H3;3-6,12H,1-2H3;3-6,11H,1-2H3;1-5,7H;;2*1H3;1H4;;;;;;;;;;/q;;;;;;;;;;;;3*+1;;;;3*-1/i;;;;;;;;2*1D;;;;;;;;;;;. The van der Waals surface area contributed by atoms with Gasteiger partial charge in [0, 0.05) is 118 Å². The van der Waals surface area contributed by atoms with E-state index < -0.39 is 23.5 Å². The van der Waals surface area contributed by atoms with Gasteiger partial charge in [0.15, 0.2) is 17.4 Å². The molecular weight excluding hydrogens is 1580 g/mol. The molecule has 114 heavy (non-hydrogen) atoms. The van der Waals surface area contributed by atoms with Crippen molar-refractivity contribution < 1.29 is 126 Å². The topological polar surface area (TPSA) is 277 Å². The van der Waals surface area contributed by atoms with Crippen LogP contribution in [0, 0.1) is 108 Å². The van der Waals surface area contributed by atoms with Crippen molar-refractivity contribution in [1.82, 2.24) is 28.7 Å². The molecule has 0 saturated carbocycles. The molecule has 0 aliphatic carbocycles. The quantitative estimate of drug-likeness (QED) is 0.0263. The van der Waals surface area contributed by atoms with Crippen molar-refractivity contribution in [3.8, 4) is 35.8 Å². The van der Waals surface area contributed by atoms with E-state index >= 15 is 0 Å². The number of isocyanates is 1. The molecule has 0 radical (unpaired) electrons. The zero-order valence-electron chi connectivity index (χ0n) is 71.2. The van der Waals surface area contributed by atoms with Crippen LogP contribution in [0.15, 0.2) is 186 Å². The number of aromatic nitrogens is 6. The summed E-state index contributed by atoms with van der Waals surface area (Å²) in [5.74, 6) is 0.803. The predicted molar refractivity (Wildman–Crippen MR) is 459 cm³/mol. The number of esters is 1. The van der Waals surface area contributed by atoms with Gasteiger partial charge >= 0.3 is 93.2 Å². The number of carbonyl (C=O) groups is 1. The zero-order valence-corrected chi connectivity index (χ0v) is 73.3. The average Bonchev–Trinajstić information content (AvgIpc) is 1.63. The molecular formula is C87H99AlBrClF2LiN11Na2O7S. The molecule has 0 spiro atoms. The second-order valence-electron chi connectivity index (χ2n) is 24.5. The molecule has 4 N–H and O–H groups in total. The minimum Gasteiger partial charge on any atom is -1.00 e. The third-order valence-corrected chi connectivity index (χ3v) is 17.9. The van der Waals surface area contributed by atoms with Crippen molar-refractivity contribution in [2.45, 2.75) is 122 Å². The number of methoxy groups -OCH3 is 1. The number of aromatic amines is 3. The van der Waals surface area contributed by atoms with Crippen molar-refractivity contribution in [1.29, 1.82) is 21.0 Å². The number of aryl methyl sites for hydroxylation is 11. The largest absolute Gasteiger partial charge is 1.00 e. The number of para-hydroxylation sites is 2. The van der Waals surface area contributed by atoms with Crippen LogP contribution in [0.5, 0.6) is 11.5 Å². The first-order valence-electron chi connectivity index (χ1n) is 35.5. The number of nitrogens with zero attached hydrogens (tertiary/aromatic N) is 8. The fourth-order valence-corrected chi connectivity index (χ4v) is 12.8. The number of benzene rings is 8. The van der Waals surface area contributed by atoms with Gasteiger partial charge in [0.05, 0.1) is 52.1 Å². The number of carbonyl (C=O) groups excluding carboxylic acids is 2. The van der Waals surface area contributed by atoms with Gasteiger partial charge in [0.1, 0.15) is 48.1 Å². The Labute approximate surface area is 755 Å². The summed E-state index contributed by atoms with van der Waals surface area (Å²) in [7, 11) is -0.250. The maximum Gasteiger partial charge on any atom is 1.00 e. The number of nitriles is 4. The van der Waals surface area contributed by atoms with E-state index in [4.69, 9.17) is 27.9 Å². The number of phenolic OH excluding ortho intramolecular Hbond substituents is 1. The van der Waals surface area contributed by atoms with E-state index in [0.717, 1.165) is 131 Å². The van der Waals surface area contributed by atoms with Crippen molar-refractivity contribution in [2.24, 2.45) is 4.40 Å². The average molecular weight is 1680 g/mol. The summed E-state index contributed by atoms with van der Waals surface area (Å²) < 4.78 is 69.4. The van der Waals surface area contributed by atoms with E-state index in [1.165, 1.54) is 57.0 Å². The van der Waals surface area contributed by atoms with Gasteiger partial charge < -0.3 is 47.5 Å². The van der Waals surface area contributed by atoms with Gasteiger partial charge in [-0.3, -0.25) is 8.78 Å². The molecule has 0 fully saturated rings. The van der Waals surface area contributed by atoms with E-state index in [-0.39, 0.29) is 113 Å². The number of hydrogen-bond donors (Lipinski definition) is 4. The molecule has 0 unspecified atom stereocenters. The summed E-state index contributed by atoms with van der Waals surface area (Å²) in [4.78, 5) is 29.8. The number of ether oxygens (including phenoxy) is 2. The van der Waals surface area contributed by atoms with Crippen LogP contribution in [0.4, 0.5) is 8.78 Å². The van der Waals surface area contributed by atoms with Crippen LogP contribution in [0.25, 0.3) is 65.4 Å². The summed E-state index contributed by atoms with van der Waals surface area (Å²) in [6.45, 7) is 27.7. The van der Waals surface area contributed by atoms with Crippen LogP contribution in [0.2, 0.25) is 0 Å². The van der Waals surface area contributed by atoms with Crippen molar-refractivity contribution in [3.63, 3.8) is 0 Å². The minimum absolute atomic E-state index is 0. The predicted octanol–water partition coefficient (Wildman–Crippen LogP) is 12.2. The summed E-state index contributed by atoms with van der Waals surface area (Å²) in [6.07, 6.45) is 0.763. The zero-order chi connectivity index (χ0) is 82.1. The van der Waals surface area contributed by atoms with Crippen LogP contribution < -0.4 is 82.7 Å². The number of aromatic hydroxyl groups is 1. The molecule has 14 aromatic rings. The molecule has 0 atom stereocenters. The summed E-state index contributed by atoms with van der Waals surface area (Å²) in [6, 6.07) is 68.7. The Bertz CT molecular complexity index is 5850. The fraction of sp³-hybridized carbons (Fsp3) is 0.241. The Kier molecular flexibility index (Phi) is 46.7. The first-order chi connectivity index (χ1) is 53.1. The maximum atomic E-state index is 11.2. The van der Waals surface area contributed by atoms with Crippen LogP contribution in [-0.2, 0) is 50.3 Å².